The molecule has 0 unspecified atom stereocenters. The first-order valence-corrected chi connectivity index (χ1v) is 11.4. The Morgan fingerprint density at radius 2 is 1.70 bits per heavy atom. The van der Waals surface area contributed by atoms with E-state index in [1.165, 1.54) is 12.1 Å². The number of hydrogen-bond donors (Lipinski definition) is 0. The van der Waals surface area contributed by atoms with Gasteiger partial charge in [0.15, 0.2) is 0 Å². The maximum atomic E-state index is 13.3. The van der Waals surface area contributed by atoms with Gasteiger partial charge in [0.2, 0.25) is 5.91 Å². The zero-order valence-corrected chi connectivity index (χ0v) is 18.7. The van der Waals surface area contributed by atoms with E-state index < -0.39 is 0 Å². The summed E-state index contributed by atoms with van der Waals surface area (Å²) in [5.41, 5.74) is 2.77. The molecule has 4 rings (SSSR count). The first-order valence-electron chi connectivity index (χ1n) is 10.5. The van der Waals surface area contributed by atoms with E-state index >= 15 is 0 Å². The van der Waals surface area contributed by atoms with Gasteiger partial charge in [0, 0.05) is 36.4 Å². The summed E-state index contributed by atoms with van der Waals surface area (Å²) in [6.45, 7) is 1.23. The fourth-order valence-corrected chi connectivity index (χ4v) is 3.89. The summed E-state index contributed by atoms with van der Waals surface area (Å²) in [6, 6.07) is 21.7. The van der Waals surface area contributed by atoms with Crippen LogP contribution in [0.3, 0.4) is 0 Å². The topological polar surface area (TPSA) is 42.4 Å². The SMILES string of the molecule is O=C(C=Cc1cccs1)N(Cc1ccncc1)Cc1ccc(OCc2cccc(F)c2)cc1. The lowest BCUT2D eigenvalue weighted by atomic mass is 10.1. The predicted molar refractivity (Wildman–Crippen MR) is 129 cm³/mol. The fourth-order valence-electron chi connectivity index (χ4n) is 3.27. The second-order valence-corrected chi connectivity index (χ2v) is 8.44. The Bertz CT molecular complexity index is 1190. The summed E-state index contributed by atoms with van der Waals surface area (Å²) in [7, 11) is 0. The van der Waals surface area contributed by atoms with Crippen molar-refractivity contribution in [1.82, 2.24) is 9.88 Å². The van der Waals surface area contributed by atoms with Gasteiger partial charge in [-0.2, -0.15) is 0 Å². The quantitative estimate of drug-likeness (QED) is 0.285. The van der Waals surface area contributed by atoms with Gasteiger partial charge < -0.3 is 9.64 Å². The van der Waals surface area contributed by atoms with Gasteiger partial charge >= 0.3 is 0 Å². The largest absolute Gasteiger partial charge is 0.489 e. The lowest BCUT2D eigenvalue weighted by molar-refractivity contribution is -0.127. The fraction of sp³-hybridized carbons (Fsp3) is 0.111. The van der Waals surface area contributed by atoms with E-state index in [9.17, 15) is 9.18 Å². The smallest absolute Gasteiger partial charge is 0.247 e. The molecule has 4 aromatic rings. The normalized spacial score (nSPS) is 10.9. The van der Waals surface area contributed by atoms with Gasteiger partial charge in [0.05, 0.1) is 0 Å². The summed E-state index contributed by atoms with van der Waals surface area (Å²) in [5.74, 6) is 0.345. The van der Waals surface area contributed by atoms with Crippen LogP contribution in [0.25, 0.3) is 6.08 Å². The van der Waals surface area contributed by atoms with Gasteiger partial charge in [-0.25, -0.2) is 4.39 Å². The van der Waals surface area contributed by atoms with Crippen molar-refractivity contribution in [2.45, 2.75) is 19.7 Å². The van der Waals surface area contributed by atoms with E-state index in [0.717, 1.165) is 21.6 Å². The minimum Gasteiger partial charge on any atom is -0.489 e. The molecule has 4 nitrogen and oxygen atoms in total. The monoisotopic (exact) mass is 458 g/mol. The van der Waals surface area contributed by atoms with Crippen LogP contribution in [0.1, 0.15) is 21.6 Å². The molecule has 6 heteroatoms. The van der Waals surface area contributed by atoms with E-state index in [2.05, 4.69) is 4.98 Å². The van der Waals surface area contributed by atoms with E-state index in [1.54, 1.807) is 40.8 Å². The van der Waals surface area contributed by atoms with Crippen molar-refractivity contribution >= 4 is 23.3 Å². The number of amides is 1. The number of aromatic nitrogens is 1. The molecule has 0 spiro atoms. The third-order valence-electron chi connectivity index (χ3n) is 4.96. The van der Waals surface area contributed by atoms with Gasteiger partial charge in [-0.05, 0) is 70.6 Å². The van der Waals surface area contributed by atoms with E-state index in [0.29, 0.717) is 18.8 Å². The molecule has 0 N–H and O–H groups in total. The van der Waals surface area contributed by atoms with Crippen LogP contribution in [0.4, 0.5) is 4.39 Å². The third-order valence-corrected chi connectivity index (χ3v) is 5.80. The molecule has 0 atom stereocenters. The number of carbonyl (C=O) groups excluding carboxylic acids is 1. The van der Waals surface area contributed by atoms with Crippen molar-refractivity contribution in [2.24, 2.45) is 0 Å². The lowest BCUT2D eigenvalue weighted by Gasteiger charge is -2.22. The van der Waals surface area contributed by atoms with E-state index in [4.69, 9.17) is 4.74 Å². The number of thiophene rings is 1. The standard InChI is InChI=1S/C27H23FN2O2S/c28-24-4-1-3-23(17-24)20-32-25-8-6-21(7-9-25)18-30(19-22-12-14-29-15-13-22)27(31)11-10-26-5-2-16-33-26/h1-17H,18-20H2. The highest BCUT2D eigenvalue weighted by atomic mass is 32.1. The summed E-state index contributed by atoms with van der Waals surface area (Å²) in [6.07, 6.45) is 6.91. The van der Waals surface area contributed by atoms with Crippen molar-refractivity contribution in [1.29, 1.82) is 0 Å². The van der Waals surface area contributed by atoms with Crippen molar-refractivity contribution in [3.63, 3.8) is 0 Å². The summed E-state index contributed by atoms with van der Waals surface area (Å²) in [4.78, 5) is 19.9. The number of hydrogen-bond acceptors (Lipinski definition) is 4. The van der Waals surface area contributed by atoms with Gasteiger partial charge in [-0.15, -0.1) is 11.3 Å². The molecule has 0 saturated carbocycles. The molecule has 0 aliphatic heterocycles. The molecule has 0 fully saturated rings. The number of nitrogens with zero attached hydrogens (tertiary/aromatic N) is 2. The molecule has 0 aliphatic rings. The zero-order valence-electron chi connectivity index (χ0n) is 17.9. The average molecular weight is 459 g/mol. The first-order chi connectivity index (χ1) is 16.2. The number of carbonyl (C=O) groups is 1. The Labute approximate surface area is 196 Å². The van der Waals surface area contributed by atoms with Crippen LogP contribution in [0, 0.1) is 5.82 Å². The Kier molecular flexibility index (Phi) is 7.61. The number of rotatable bonds is 9. The Morgan fingerprint density at radius 3 is 2.39 bits per heavy atom. The molecular weight excluding hydrogens is 435 g/mol. The van der Waals surface area contributed by atoms with Gasteiger partial charge in [-0.3, -0.25) is 9.78 Å². The Hall–Kier alpha value is -3.77. The molecule has 0 radical (unpaired) electrons. The first kappa shape index (κ1) is 22.4. The van der Waals surface area contributed by atoms with E-state index in [1.807, 2.05) is 66.1 Å². The minimum atomic E-state index is -0.279. The van der Waals surface area contributed by atoms with Crippen LogP contribution in [-0.2, 0) is 24.5 Å². The summed E-state index contributed by atoms with van der Waals surface area (Å²) < 4.78 is 19.1. The number of pyridine rings is 1. The second kappa shape index (κ2) is 11.2. The van der Waals surface area contributed by atoms with Crippen molar-refractivity contribution in [3.8, 4) is 5.75 Å². The summed E-state index contributed by atoms with van der Waals surface area (Å²) in [5, 5.41) is 1.98. The predicted octanol–water partition coefficient (Wildman–Crippen LogP) is 6.10. The summed E-state index contributed by atoms with van der Waals surface area (Å²) >= 11 is 1.59. The maximum absolute atomic E-state index is 13.3. The average Bonchev–Trinajstić information content (AvgIpc) is 3.36. The van der Waals surface area contributed by atoms with Crippen LogP contribution < -0.4 is 4.74 Å². The number of ether oxygens (including phenoxy) is 1. The lowest BCUT2D eigenvalue weighted by Crippen LogP contribution is -2.28. The van der Waals surface area contributed by atoms with Crippen LogP contribution in [0.15, 0.2) is 96.6 Å². The molecule has 2 aromatic heterocycles. The van der Waals surface area contributed by atoms with Crippen LogP contribution >= 0.6 is 11.3 Å². The zero-order chi connectivity index (χ0) is 22.9. The van der Waals surface area contributed by atoms with Gasteiger partial charge in [0.1, 0.15) is 18.2 Å². The van der Waals surface area contributed by atoms with Crippen LogP contribution in [0.5, 0.6) is 5.75 Å². The Balaban J connectivity index is 1.42. The maximum Gasteiger partial charge on any atom is 0.247 e. The highest BCUT2D eigenvalue weighted by molar-refractivity contribution is 7.10. The molecule has 2 heterocycles. The number of benzene rings is 2. The Morgan fingerprint density at radius 1 is 0.939 bits per heavy atom. The molecule has 2 aromatic carbocycles. The van der Waals surface area contributed by atoms with Gasteiger partial charge in [0.25, 0.3) is 0 Å². The number of halogens is 1. The molecule has 0 saturated heterocycles. The van der Waals surface area contributed by atoms with E-state index in [-0.39, 0.29) is 18.3 Å². The molecule has 33 heavy (non-hydrogen) atoms. The molecule has 166 valence electrons. The minimum absolute atomic E-state index is 0.0633. The second-order valence-electron chi connectivity index (χ2n) is 7.46. The third kappa shape index (κ3) is 6.85. The molecular formula is C27H23FN2O2S. The van der Waals surface area contributed by atoms with Crippen molar-refractivity contribution in [2.75, 3.05) is 0 Å². The highest BCUT2D eigenvalue weighted by Crippen LogP contribution is 2.18. The van der Waals surface area contributed by atoms with Crippen molar-refractivity contribution < 1.29 is 13.9 Å². The molecule has 0 bridgehead atoms. The van der Waals surface area contributed by atoms with Gasteiger partial charge in [-0.1, -0.05) is 30.3 Å². The molecule has 0 aliphatic carbocycles. The van der Waals surface area contributed by atoms with Crippen LogP contribution in [-0.4, -0.2) is 15.8 Å². The van der Waals surface area contributed by atoms with Crippen LogP contribution in [0.2, 0.25) is 0 Å². The molecule has 1 amide bonds. The highest BCUT2D eigenvalue weighted by Gasteiger charge is 2.13. The van der Waals surface area contributed by atoms with Crippen molar-refractivity contribution in [3.05, 3.63) is 124 Å².